The first kappa shape index (κ1) is 14.4. The molecule has 114 valence electrons. The molecule has 3 rings (SSSR count). The summed E-state index contributed by atoms with van der Waals surface area (Å²) in [6.07, 6.45) is 0. The third kappa shape index (κ3) is 3.20. The van der Waals surface area contributed by atoms with E-state index in [1.165, 1.54) is 0 Å². The average molecular weight is 297 g/mol. The Morgan fingerprint density at radius 1 is 1.05 bits per heavy atom. The number of carbonyl (C=O) groups excluding carboxylic acids is 1. The van der Waals surface area contributed by atoms with Crippen molar-refractivity contribution in [2.24, 2.45) is 5.73 Å². The molecule has 0 atom stereocenters. The molecule has 2 aromatic carbocycles. The van der Waals surface area contributed by atoms with Gasteiger partial charge in [0.2, 0.25) is 0 Å². The highest BCUT2D eigenvalue weighted by molar-refractivity contribution is 5.99. The van der Waals surface area contributed by atoms with E-state index in [1.54, 1.807) is 6.07 Å². The van der Waals surface area contributed by atoms with Gasteiger partial charge in [0.15, 0.2) is 0 Å². The molecule has 22 heavy (non-hydrogen) atoms. The van der Waals surface area contributed by atoms with Gasteiger partial charge in [-0.15, -0.1) is 0 Å². The highest BCUT2D eigenvalue weighted by Crippen LogP contribution is 2.28. The number of piperazine rings is 1. The van der Waals surface area contributed by atoms with E-state index < -0.39 is 5.91 Å². The molecule has 0 saturated carbocycles. The van der Waals surface area contributed by atoms with Crippen LogP contribution in [0.4, 0.5) is 5.69 Å². The summed E-state index contributed by atoms with van der Waals surface area (Å²) < 4.78 is 5.77. The Hall–Kier alpha value is -2.53. The Morgan fingerprint density at radius 3 is 2.45 bits per heavy atom. The molecular formula is C17H19N3O2. The van der Waals surface area contributed by atoms with E-state index in [-0.39, 0.29) is 0 Å². The summed E-state index contributed by atoms with van der Waals surface area (Å²) in [6, 6.07) is 15.0. The monoisotopic (exact) mass is 297 g/mol. The van der Waals surface area contributed by atoms with Crippen LogP contribution in [0.1, 0.15) is 10.4 Å². The molecule has 0 radical (unpaired) electrons. The fraction of sp³-hybridized carbons (Fsp3) is 0.235. The number of nitrogens with two attached hydrogens (primary N) is 1. The van der Waals surface area contributed by atoms with Crippen molar-refractivity contribution in [2.45, 2.75) is 0 Å². The molecule has 0 bridgehead atoms. The molecule has 1 amide bonds. The second kappa shape index (κ2) is 6.49. The molecule has 5 heteroatoms. The van der Waals surface area contributed by atoms with Crippen LogP contribution in [0.2, 0.25) is 0 Å². The maximum Gasteiger partial charge on any atom is 0.250 e. The van der Waals surface area contributed by atoms with Gasteiger partial charge in [0.25, 0.3) is 5.91 Å². The zero-order chi connectivity index (χ0) is 15.4. The van der Waals surface area contributed by atoms with Crippen molar-refractivity contribution in [3.8, 4) is 11.5 Å². The van der Waals surface area contributed by atoms with Gasteiger partial charge in [-0.1, -0.05) is 18.2 Å². The number of hydrogen-bond acceptors (Lipinski definition) is 4. The first-order valence-corrected chi connectivity index (χ1v) is 7.36. The summed E-state index contributed by atoms with van der Waals surface area (Å²) in [5.41, 5.74) is 6.91. The maximum absolute atomic E-state index is 11.8. The molecular weight excluding hydrogens is 278 g/mol. The van der Waals surface area contributed by atoms with E-state index in [2.05, 4.69) is 10.2 Å². The van der Waals surface area contributed by atoms with Crippen molar-refractivity contribution in [1.29, 1.82) is 0 Å². The van der Waals surface area contributed by atoms with Crippen LogP contribution in [0.25, 0.3) is 0 Å². The minimum Gasteiger partial charge on any atom is -0.457 e. The van der Waals surface area contributed by atoms with Crippen LogP contribution in [0.3, 0.4) is 0 Å². The summed E-state index contributed by atoms with van der Waals surface area (Å²) in [5.74, 6) is 0.902. The van der Waals surface area contributed by atoms with Crippen LogP contribution in [0.5, 0.6) is 11.5 Å². The van der Waals surface area contributed by atoms with E-state index in [0.717, 1.165) is 37.6 Å². The van der Waals surface area contributed by atoms with Crippen molar-refractivity contribution in [2.75, 3.05) is 31.1 Å². The number of hydrogen-bond donors (Lipinski definition) is 2. The third-order valence-corrected chi connectivity index (χ3v) is 3.67. The van der Waals surface area contributed by atoms with Gasteiger partial charge in [0.1, 0.15) is 11.5 Å². The van der Waals surface area contributed by atoms with Gasteiger partial charge >= 0.3 is 0 Å². The van der Waals surface area contributed by atoms with Gasteiger partial charge in [-0.3, -0.25) is 4.79 Å². The fourth-order valence-corrected chi connectivity index (χ4v) is 2.58. The largest absolute Gasteiger partial charge is 0.457 e. The number of primary amides is 1. The highest BCUT2D eigenvalue weighted by atomic mass is 16.5. The Kier molecular flexibility index (Phi) is 4.25. The predicted molar refractivity (Wildman–Crippen MR) is 86.6 cm³/mol. The van der Waals surface area contributed by atoms with Crippen LogP contribution in [-0.2, 0) is 0 Å². The molecule has 5 nitrogen and oxygen atoms in total. The molecule has 1 heterocycles. The van der Waals surface area contributed by atoms with E-state index in [4.69, 9.17) is 10.5 Å². The molecule has 1 saturated heterocycles. The van der Waals surface area contributed by atoms with Crippen molar-refractivity contribution >= 4 is 11.6 Å². The average Bonchev–Trinajstić information content (AvgIpc) is 2.56. The van der Waals surface area contributed by atoms with Crippen LogP contribution in [-0.4, -0.2) is 32.1 Å². The highest BCUT2D eigenvalue weighted by Gasteiger charge is 2.17. The molecule has 1 fully saturated rings. The second-order valence-electron chi connectivity index (χ2n) is 5.20. The lowest BCUT2D eigenvalue weighted by Gasteiger charge is -2.30. The normalized spacial score (nSPS) is 14.6. The molecule has 0 aromatic heterocycles. The number of rotatable bonds is 4. The number of anilines is 1. The fourth-order valence-electron chi connectivity index (χ4n) is 2.58. The van der Waals surface area contributed by atoms with Crippen molar-refractivity contribution in [3.05, 3.63) is 54.1 Å². The number of amides is 1. The molecule has 1 aliphatic heterocycles. The van der Waals surface area contributed by atoms with Crippen LogP contribution < -0.4 is 20.7 Å². The Labute approximate surface area is 129 Å². The Morgan fingerprint density at radius 2 is 1.77 bits per heavy atom. The molecule has 1 aliphatic rings. The lowest BCUT2D eigenvalue weighted by molar-refractivity contribution is 0.100. The lowest BCUT2D eigenvalue weighted by atomic mass is 10.1. The standard InChI is InChI=1S/C17H19N3O2/c18-17(21)15-12-14(22-13-4-2-1-3-5-13)6-7-16(15)20-10-8-19-9-11-20/h1-7,12,19H,8-11H2,(H2,18,21). The minimum absolute atomic E-state index is 0.438. The molecule has 2 aromatic rings. The van der Waals surface area contributed by atoms with E-state index in [9.17, 15) is 4.79 Å². The van der Waals surface area contributed by atoms with Gasteiger partial charge < -0.3 is 20.7 Å². The smallest absolute Gasteiger partial charge is 0.250 e. The molecule has 3 N–H and O–H groups in total. The second-order valence-corrected chi connectivity index (χ2v) is 5.20. The van der Waals surface area contributed by atoms with Gasteiger partial charge in [-0.2, -0.15) is 0 Å². The SMILES string of the molecule is NC(=O)c1cc(Oc2ccccc2)ccc1N1CCNCC1. The van der Waals surface area contributed by atoms with Crippen LogP contribution in [0.15, 0.2) is 48.5 Å². The number of nitrogens with zero attached hydrogens (tertiary/aromatic N) is 1. The molecule has 0 aliphatic carbocycles. The van der Waals surface area contributed by atoms with Crippen LogP contribution in [0, 0.1) is 0 Å². The first-order chi connectivity index (χ1) is 10.7. The van der Waals surface area contributed by atoms with E-state index in [0.29, 0.717) is 11.3 Å². The van der Waals surface area contributed by atoms with Crippen LogP contribution >= 0.6 is 0 Å². The quantitative estimate of drug-likeness (QED) is 0.905. The number of ether oxygens (including phenoxy) is 1. The zero-order valence-corrected chi connectivity index (χ0v) is 12.3. The topological polar surface area (TPSA) is 67.6 Å². The van der Waals surface area contributed by atoms with Gasteiger partial charge in [0, 0.05) is 31.9 Å². The molecule has 0 spiro atoms. The summed E-state index contributed by atoms with van der Waals surface area (Å²) >= 11 is 0. The summed E-state index contributed by atoms with van der Waals surface area (Å²) in [6.45, 7) is 3.53. The maximum atomic E-state index is 11.8. The lowest BCUT2D eigenvalue weighted by Crippen LogP contribution is -2.44. The Bertz CT molecular complexity index is 652. The van der Waals surface area contributed by atoms with E-state index >= 15 is 0 Å². The van der Waals surface area contributed by atoms with Crippen molar-refractivity contribution < 1.29 is 9.53 Å². The number of nitrogens with one attached hydrogen (secondary N) is 1. The number of para-hydroxylation sites is 1. The van der Waals surface area contributed by atoms with Gasteiger partial charge in [-0.05, 0) is 30.3 Å². The van der Waals surface area contributed by atoms with Gasteiger partial charge in [-0.25, -0.2) is 0 Å². The third-order valence-electron chi connectivity index (χ3n) is 3.67. The summed E-state index contributed by atoms with van der Waals surface area (Å²) in [7, 11) is 0. The zero-order valence-electron chi connectivity index (χ0n) is 12.3. The summed E-state index contributed by atoms with van der Waals surface area (Å²) in [4.78, 5) is 14.0. The van der Waals surface area contributed by atoms with E-state index in [1.807, 2.05) is 42.5 Å². The minimum atomic E-state index is -0.438. The van der Waals surface area contributed by atoms with Crippen molar-refractivity contribution in [1.82, 2.24) is 5.32 Å². The number of benzene rings is 2. The molecule has 0 unspecified atom stereocenters. The predicted octanol–water partition coefficient (Wildman–Crippen LogP) is 1.99. The Balaban J connectivity index is 1.88. The summed E-state index contributed by atoms with van der Waals surface area (Å²) in [5, 5.41) is 3.29. The van der Waals surface area contributed by atoms with Gasteiger partial charge in [0.05, 0.1) is 5.56 Å². The number of carbonyl (C=O) groups is 1. The first-order valence-electron chi connectivity index (χ1n) is 7.36. The van der Waals surface area contributed by atoms with Crippen molar-refractivity contribution in [3.63, 3.8) is 0 Å².